The first-order valence-electron chi connectivity index (χ1n) is 9.95. The molecular weight excluding hydrogens is 376 g/mol. The van der Waals surface area contributed by atoms with Crippen LogP contribution in [0.1, 0.15) is 39.2 Å². The molecule has 0 fully saturated rings. The Hall–Kier alpha value is -3.40. The predicted octanol–water partition coefficient (Wildman–Crippen LogP) is 6.43. The van der Waals surface area contributed by atoms with E-state index in [1.54, 1.807) is 13.0 Å². The molecule has 0 aliphatic rings. The quantitative estimate of drug-likeness (QED) is 0.219. The summed E-state index contributed by atoms with van der Waals surface area (Å²) >= 11 is 0. The van der Waals surface area contributed by atoms with Crippen LogP contribution in [0.5, 0.6) is 5.75 Å². The van der Waals surface area contributed by atoms with Crippen LogP contribution in [0, 0.1) is 0 Å². The monoisotopic (exact) mass is 406 g/mol. The van der Waals surface area contributed by atoms with Crippen molar-refractivity contribution in [3.8, 4) is 5.75 Å². The second-order valence-electron chi connectivity index (χ2n) is 6.28. The van der Waals surface area contributed by atoms with Crippen molar-refractivity contribution in [2.45, 2.75) is 33.6 Å². The molecule has 2 aromatic rings. The van der Waals surface area contributed by atoms with Crippen molar-refractivity contribution < 1.29 is 19.1 Å². The van der Waals surface area contributed by atoms with Gasteiger partial charge >= 0.3 is 11.9 Å². The maximum Gasteiger partial charge on any atom is 0.335 e. The minimum Gasteiger partial charge on any atom is -0.463 e. The average molecular weight is 407 g/mol. The van der Waals surface area contributed by atoms with Gasteiger partial charge in [-0.3, -0.25) is 0 Å². The van der Waals surface area contributed by atoms with E-state index in [1.807, 2.05) is 19.1 Å². The van der Waals surface area contributed by atoms with Crippen molar-refractivity contribution in [2.24, 2.45) is 0 Å². The molecule has 0 heterocycles. The number of carbonyl (C=O) groups is 2. The van der Waals surface area contributed by atoms with Gasteiger partial charge in [0.05, 0.1) is 6.61 Å². The molecule has 158 valence electrons. The second-order valence-corrected chi connectivity index (χ2v) is 6.28. The summed E-state index contributed by atoms with van der Waals surface area (Å²) in [6, 6.07) is 11.9. The van der Waals surface area contributed by atoms with Crippen LogP contribution in [0.15, 0.2) is 79.4 Å². The van der Waals surface area contributed by atoms with Crippen LogP contribution in [-0.4, -0.2) is 18.5 Å². The van der Waals surface area contributed by atoms with Crippen molar-refractivity contribution >= 4 is 28.8 Å². The minimum absolute atomic E-state index is 0.359. The molecule has 0 N–H and O–H groups in total. The van der Waals surface area contributed by atoms with Gasteiger partial charge in [-0.05, 0) is 61.2 Å². The first-order chi connectivity index (χ1) is 14.5. The first kappa shape index (κ1) is 24.6. The number of benzene rings is 2. The molecule has 0 aromatic heterocycles. The normalized spacial score (nSPS) is 10.8. The van der Waals surface area contributed by atoms with Crippen LogP contribution in [0.3, 0.4) is 0 Å². The predicted molar refractivity (Wildman–Crippen MR) is 124 cm³/mol. The molecule has 0 aliphatic heterocycles. The zero-order chi connectivity index (χ0) is 22.4. The van der Waals surface area contributed by atoms with Crippen LogP contribution in [-0.2, 0) is 14.3 Å². The number of carbonyl (C=O) groups excluding carboxylic acids is 2. The van der Waals surface area contributed by atoms with Crippen molar-refractivity contribution in [3.63, 3.8) is 0 Å². The fourth-order valence-corrected chi connectivity index (χ4v) is 2.56. The number of hydrogen-bond acceptors (Lipinski definition) is 4. The van der Waals surface area contributed by atoms with Crippen molar-refractivity contribution in [2.75, 3.05) is 6.61 Å². The van der Waals surface area contributed by atoms with Gasteiger partial charge in [0.1, 0.15) is 5.75 Å². The molecule has 0 amide bonds. The van der Waals surface area contributed by atoms with Gasteiger partial charge in [-0.2, -0.15) is 0 Å². The van der Waals surface area contributed by atoms with Crippen molar-refractivity contribution in [1.82, 2.24) is 0 Å². The third kappa shape index (κ3) is 8.74. The average Bonchev–Trinajstić information content (AvgIpc) is 2.77. The largest absolute Gasteiger partial charge is 0.463 e. The molecule has 2 rings (SSSR count). The summed E-state index contributed by atoms with van der Waals surface area (Å²) < 4.78 is 9.59. The molecule has 0 saturated heterocycles. The van der Waals surface area contributed by atoms with Crippen LogP contribution in [0.4, 0.5) is 0 Å². The molecule has 2 aromatic carbocycles. The lowest BCUT2D eigenvalue weighted by Crippen LogP contribution is -2.02. The highest BCUT2D eigenvalue weighted by atomic mass is 16.5. The lowest BCUT2D eigenvalue weighted by atomic mass is 10.0. The highest BCUT2D eigenvalue weighted by molar-refractivity contribution is 5.88. The molecule has 0 bridgehead atoms. The van der Waals surface area contributed by atoms with Gasteiger partial charge in [-0.15, -0.1) is 0 Å². The van der Waals surface area contributed by atoms with E-state index < -0.39 is 5.97 Å². The summed E-state index contributed by atoms with van der Waals surface area (Å²) in [5.74, 6) is -0.268. The highest BCUT2D eigenvalue weighted by Gasteiger charge is 2.02. The third-order valence-corrected chi connectivity index (χ3v) is 4.11. The molecule has 0 unspecified atom stereocenters. The Kier molecular flexibility index (Phi) is 11.3. The van der Waals surface area contributed by atoms with Crippen LogP contribution in [0.2, 0.25) is 0 Å². The number of ether oxygens (including phenoxy) is 2. The van der Waals surface area contributed by atoms with Crippen LogP contribution >= 0.6 is 0 Å². The van der Waals surface area contributed by atoms with Gasteiger partial charge in [-0.25, -0.2) is 9.59 Å². The van der Waals surface area contributed by atoms with Crippen molar-refractivity contribution in [3.05, 3.63) is 85.0 Å². The van der Waals surface area contributed by atoms with Gasteiger partial charge < -0.3 is 9.47 Å². The number of esters is 2. The SMILES string of the molecule is C=CC(=O)OCC.C=CC(=O)Oc1ccc2cc(/C=C(/CC)C/C=C\C)ccc2c1. The zero-order valence-electron chi connectivity index (χ0n) is 18.0. The van der Waals surface area contributed by atoms with E-state index >= 15 is 0 Å². The summed E-state index contributed by atoms with van der Waals surface area (Å²) in [5, 5.41) is 2.17. The fourth-order valence-electron chi connectivity index (χ4n) is 2.56. The van der Waals surface area contributed by atoms with E-state index in [9.17, 15) is 9.59 Å². The Bertz CT molecular complexity index is 935. The van der Waals surface area contributed by atoms with Gasteiger partial charge in [0.15, 0.2) is 0 Å². The Morgan fingerprint density at radius 3 is 2.20 bits per heavy atom. The highest BCUT2D eigenvalue weighted by Crippen LogP contribution is 2.24. The zero-order valence-corrected chi connectivity index (χ0v) is 18.0. The Morgan fingerprint density at radius 2 is 1.63 bits per heavy atom. The summed E-state index contributed by atoms with van der Waals surface area (Å²) in [4.78, 5) is 21.3. The maximum atomic E-state index is 11.3. The third-order valence-electron chi connectivity index (χ3n) is 4.11. The summed E-state index contributed by atoms with van der Waals surface area (Å²) in [6.07, 6.45) is 10.8. The number of hydrogen-bond donors (Lipinski definition) is 0. The summed E-state index contributed by atoms with van der Waals surface area (Å²) in [7, 11) is 0. The molecule has 0 atom stereocenters. The number of rotatable bonds is 8. The molecule has 30 heavy (non-hydrogen) atoms. The molecule has 0 radical (unpaired) electrons. The second kappa shape index (κ2) is 13.7. The lowest BCUT2D eigenvalue weighted by Gasteiger charge is -2.06. The minimum atomic E-state index is -0.444. The standard InChI is InChI=1S/C21H22O2.C5H8O2/c1-4-7-8-16(5-2)13-17-9-10-19-15-20(23-21(22)6-3)12-11-18(19)14-17;1-3-5(6)7-4-2/h4,6-7,9-15H,3,5,8H2,1-2H3;3H,1,4H2,2H3/b7-4-,16-13-;. The van der Waals surface area contributed by atoms with E-state index in [-0.39, 0.29) is 5.97 Å². The molecule has 4 nitrogen and oxygen atoms in total. The fraction of sp³-hybridized carbons (Fsp3) is 0.231. The molecule has 0 spiro atoms. The van der Waals surface area contributed by atoms with Crippen LogP contribution in [0.25, 0.3) is 16.8 Å². The topological polar surface area (TPSA) is 52.6 Å². The molecule has 4 heteroatoms. The summed E-state index contributed by atoms with van der Waals surface area (Å²) in [6.45, 7) is 13.0. The smallest absolute Gasteiger partial charge is 0.335 e. The van der Waals surface area contributed by atoms with Gasteiger partial charge in [0.25, 0.3) is 0 Å². The molecule has 0 aliphatic carbocycles. The first-order valence-corrected chi connectivity index (χ1v) is 9.95. The van der Waals surface area contributed by atoms with E-state index in [4.69, 9.17) is 4.74 Å². The Balaban J connectivity index is 0.000000553. The maximum absolute atomic E-state index is 11.3. The molecular formula is C26H30O4. The number of fused-ring (bicyclic) bond motifs is 1. The van der Waals surface area contributed by atoms with Gasteiger partial charge in [-0.1, -0.05) is 62.1 Å². The van der Waals surface area contributed by atoms with E-state index in [1.165, 1.54) is 11.1 Å². The van der Waals surface area contributed by atoms with Gasteiger partial charge in [0.2, 0.25) is 0 Å². The van der Waals surface area contributed by atoms with E-state index in [0.29, 0.717) is 12.4 Å². The van der Waals surface area contributed by atoms with Crippen molar-refractivity contribution in [1.29, 1.82) is 0 Å². The van der Waals surface area contributed by atoms with E-state index in [0.717, 1.165) is 35.8 Å². The van der Waals surface area contributed by atoms with Gasteiger partial charge in [0, 0.05) is 12.2 Å². The lowest BCUT2D eigenvalue weighted by molar-refractivity contribution is -0.137. The number of allylic oxidation sites excluding steroid dienone is 3. The molecule has 0 saturated carbocycles. The Morgan fingerprint density at radius 1 is 0.967 bits per heavy atom. The summed E-state index contributed by atoms with van der Waals surface area (Å²) in [5.41, 5.74) is 2.59. The van der Waals surface area contributed by atoms with E-state index in [2.05, 4.69) is 61.2 Å². The Labute approximate surface area is 179 Å². The van der Waals surface area contributed by atoms with Crippen LogP contribution < -0.4 is 4.74 Å².